The molecule has 3 N–H and O–H groups in total. The lowest BCUT2D eigenvalue weighted by molar-refractivity contribution is -0.138. The fraction of sp³-hybridized carbons (Fsp3) is 0.436. The topological polar surface area (TPSA) is 161 Å². The van der Waals surface area contributed by atoms with Crippen LogP contribution in [0.3, 0.4) is 0 Å². The minimum absolute atomic E-state index is 0.0207. The second-order valence-corrected chi connectivity index (χ2v) is 15.4. The molecule has 2 fully saturated rings. The Hall–Kier alpha value is -5.35. The number of rotatable bonds is 8. The summed E-state index contributed by atoms with van der Waals surface area (Å²) in [5.41, 5.74) is 6.80. The van der Waals surface area contributed by atoms with Crippen molar-refractivity contribution in [3.8, 4) is 22.4 Å². The van der Waals surface area contributed by atoms with Crippen LogP contribution in [-0.2, 0) is 23.1 Å². The minimum atomic E-state index is -1.10. The number of piperazine rings is 1. The molecule has 2 aliphatic rings. The van der Waals surface area contributed by atoms with Crippen molar-refractivity contribution in [2.75, 3.05) is 51.1 Å². The van der Waals surface area contributed by atoms with Gasteiger partial charge in [0.05, 0.1) is 35.2 Å². The van der Waals surface area contributed by atoms with Crippen LogP contribution in [0.1, 0.15) is 60.3 Å². The molecule has 2 saturated heterocycles. The Morgan fingerprint density at radius 1 is 0.911 bits per heavy atom. The Balaban J connectivity index is 1.04. The number of carbonyl (C=O) groups is 4. The van der Waals surface area contributed by atoms with Gasteiger partial charge in [0.1, 0.15) is 5.60 Å². The highest BCUT2D eigenvalue weighted by Gasteiger charge is 2.34. The average Bonchev–Trinajstić information content (AvgIpc) is 3.73. The zero-order chi connectivity index (χ0) is 40.5. The molecular weight excluding hydrogens is 748 g/mol. The van der Waals surface area contributed by atoms with Gasteiger partial charge >= 0.3 is 6.09 Å². The number of anilines is 1. The molecule has 0 radical (unpaired) electrons. The zero-order valence-corrected chi connectivity index (χ0v) is 32.8. The molecule has 17 heteroatoms. The van der Waals surface area contributed by atoms with E-state index in [2.05, 4.69) is 15.4 Å². The number of nitrogens with one attached hydrogen (secondary N) is 1. The van der Waals surface area contributed by atoms with Gasteiger partial charge in [0.15, 0.2) is 17.5 Å². The van der Waals surface area contributed by atoms with Crippen molar-refractivity contribution in [3.05, 3.63) is 76.5 Å². The first kappa shape index (κ1) is 40.3. The molecule has 56 heavy (non-hydrogen) atoms. The van der Waals surface area contributed by atoms with Crippen LogP contribution in [0.15, 0.2) is 42.7 Å². The lowest BCUT2D eigenvalue weighted by Gasteiger charge is -2.38. The first-order valence-corrected chi connectivity index (χ1v) is 18.9. The second-order valence-electron chi connectivity index (χ2n) is 15.0. The molecule has 0 saturated carbocycles. The third kappa shape index (κ3) is 8.40. The number of likely N-dealkylation sites (tertiary alicyclic amines) is 1. The van der Waals surface area contributed by atoms with Crippen LogP contribution in [0, 0.1) is 24.5 Å². The van der Waals surface area contributed by atoms with E-state index in [1.807, 2.05) is 20.8 Å². The lowest BCUT2D eigenvalue weighted by Crippen LogP contribution is -2.53. The van der Waals surface area contributed by atoms with E-state index >= 15 is 8.78 Å². The average molecular weight is 794 g/mol. The van der Waals surface area contributed by atoms with E-state index in [4.69, 9.17) is 22.1 Å². The summed E-state index contributed by atoms with van der Waals surface area (Å²) in [5, 5.41) is 7.04. The van der Waals surface area contributed by atoms with Gasteiger partial charge in [-0.05, 0) is 64.8 Å². The molecule has 298 valence electrons. The maximum absolute atomic E-state index is 15.5. The van der Waals surface area contributed by atoms with Crippen LogP contribution in [0.2, 0.25) is 5.02 Å². The zero-order valence-electron chi connectivity index (χ0n) is 32.1. The van der Waals surface area contributed by atoms with Crippen LogP contribution < -0.4 is 11.1 Å². The predicted molar refractivity (Wildman–Crippen MR) is 206 cm³/mol. The number of hydrogen-bond acceptors (Lipinski definition) is 8. The number of halogens is 3. The molecule has 4 aromatic rings. The molecule has 14 nitrogen and oxygen atoms in total. The van der Waals surface area contributed by atoms with Crippen LogP contribution in [0.4, 0.5) is 19.3 Å². The van der Waals surface area contributed by atoms with Crippen molar-refractivity contribution >= 4 is 41.1 Å². The maximum Gasteiger partial charge on any atom is 0.410 e. The Morgan fingerprint density at radius 3 is 2.20 bits per heavy atom. The van der Waals surface area contributed by atoms with Crippen LogP contribution in [-0.4, -0.2) is 109 Å². The van der Waals surface area contributed by atoms with E-state index in [-0.39, 0.29) is 57.1 Å². The number of ether oxygens (including phenoxy) is 1. The van der Waals surface area contributed by atoms with Gasteiger partial charge in [-0.3, -0.25) is 19.1 Å². The van der Waals surface area contributed by atoms with Crippen LogP contribution >= 0.6 is 11.6 Å². The van der Waals surface area contributed by atoms with Crippen molar-refractivity contribution in [1.29, 1.82) is 0 Å². The summed E-state index contributed by atoms with van der Waals surface area (Å²) < 4.78 is 39.3. The summed E-state index contributed by atoms with van der Waals surface area (Å²) in [6, 6.07) is 7.39. The standard InChI is InChI=1S/C39H46ClF2N9O5/c1-23-29(21-45-51(23)15-12-43)26-8-9-28(33(42)32(26)41)31-22-44-34(47(31)5)35(52)46-25-6-7-27(30(40)20-25)37(54)49-18-16-48(17-19-49)36(53)24-10-13-50(14-11-24)38(55)56-39(2,3)4/h6-9,20-22,24H,10-19,43H2,1-5H3,(H,46,52). The third-order valence-corrected chi connectivity index (χ3v) is 10.4. The normalized spacial score (nSPS) is 15.3. The second kappa shape index (κ2) is 16.4. The van der Waals surface area contributed by atoms with E-state index in [9.17, 15) is 19.2 Å². The van der Waals surface area contributed by atoms with Gasteiger partial charge in [0.25, 0.3) is 11.8 Å². The number of benzene rings is 2. The van der Waals surface area contributed by atoms with Gasteiger partial charge in [-0.25, -0.2) is 18.6 Å². The molecule has 0 bridgehead atoms. The number of piperidine rings is 1. The number of aromatic nitrogens is 4. The molecule has 2 aromatic heterocycles. The van der Waals surface area contributed by atoms with Gasteiger partial charge in [-0.15, -0.1) is 0 Å². The largest absolute Gasteiger partial charge is 0.444 e. The molecule has 0 aliphatic carbocycles. The van der Waals surface area contributed by atoms with E-state index in [1.165, 1.54) is 54.3 Å². The predicted octanol–water partition coefficient (Wildman–Crippen LogP) is 5.33. The Labute approximate surface area is 328 Å². The summed E-state index contributed by atoms with van der Waals surface area (Å²) in [6.07, 6.45) is 3.48. The summed E-state index contributed by atoms with van der Waals surface area (Å²) in [4.78, 5) is 61.6. The highest BCUT2D eigenvalue weighted by Crippen LogP contribution is 2.33. The Bertz CT molecular complexity index is 2150. The van der Waals surface area contributed by atoms with Gasteiger partial charge in [-0.2, -0.15) is 5.10 Å². The fourth-order valence-corrected chi connectivity index (χ4v) is 7.29. The summed E-state index contributed by atoms with van der Waals surface area (Å²) in [7, 11) is 1.51. The monoisotopic (exact) mass is 793 g/mol. The smallest absolute Gasteiger partial charge is 0.410 e. The number of carbonyl (C=O) groups excluding carboxylic acids is 4. The number of nitrogens with two attached hydrogens (primary N) is 1. The molecule has 2 aliphatic heterocycles. The van der Waals surface area contributed by atoms with Crippen molar-refractivity contribution < 1.29 is 32.7 Å². The summed E-state index contributed by atoms with van der Waals surface area (Å²) in [6.45, 7) is 10.3. The summed E-state index contributed by atoms with van der Waals surface area (Å²) >= 11 is 6.55. The number of imidazole rings is 1. The van der Waals surface area contributed by atoms with Crippen molar-refractivity contribution in [2.24, 2.45) is 18.7 Å². The maximum atomic E-state index is 15.5. The molecule has 4 amide bonds. The van der Waals surface area contributed by atoms with Crippen LogP contribution in [0.5, 0.6) is 0 Å². The first-order valence-electron chi connectivity index (χ1n) is 18.5. The van der Waals surface area contributed by atoms with Crippen molar-refractivity contribution in [1.82, 2.24) is 34.0 Å². The van der Waals surface area contributed by atoms with Gasteiger partial charge in [0, 0.05) is 86.9 Å². The number of hydrogen-bond donors (Lipinski definition) is 2. The molecule has 0 atom stereocenters. The molecule has 6 rings (SSSR count). The van der Waals surface area contributed by atoms with E-state index in [1.54, 1.807) is 26.3 Å². The lowest BCUT2D eigenvalue weighted by atomic mass is 9.95. The van der Waals surface area contributed by atoms with E-state index < -0.39 is 23.1 Å². The molecular formula is C39H46ClF2N9O5. The SMILES string of the molecule is Cc1c(-c2ccc(-c3cnc(C(=O)Nc4ccc(C(=O)N5CCN(C(=O)C6CCN(C(=O)OC(C)(C)C)CC6)CC5)c(Cl)c4)n3C)c(F)c2F)cnn1CCN. The Kier molecular flexibility index (Phi) is 11.8. The molecule has 2 aromatic carbocycles. The quantitative estimate of drug-likeness (QED) is 0.242. The Morgan fingerprint density at radius 2 is 1.55 bits per heavy atom. The van der Waals surface area contributed by atoms with Gasteiger partial charge in [0.2, 0.25) is 5.91 Å². The van der Waals surface area contributed by atoms with E-state index in [0.29, 0.717) is 82.1 Å². The first-order chi connectivity index (χ1) is 26.6. The minimum Gasteiger partial charge on any atom is -0.444 e. The van der Waals surface area contributed by atoms with Crippen molar-refractivity contribution in [2.45, 2.75) is 52.7 Å². The van der Waals surface area contributed by atoms with Crippen LogP contribution in [0.25, 0.3) is 22.4 Å². The number of nitrogens with zero attached hydrogens (tertiary/aromatic N) is 7. The molecule has 0 unspecified atom stereocenters. The van der Waals surface area contributed by atoms with Crippen molar-refractivity contribution in [3.63, 3.8) is 0 Å². The van der Waals surface area contributed by atoms with Gasteiger partial charge < -0.3 is 35.1 Å². The number of amides is 4. The highest BCUT2D eigenvalue weighted by atomic mass is 35.5. The molecule has 0 spiro atoms. The molecule has 4 heterocycles. The van der Waals surface area contributed by atoms with E-state index in [0.717, 1.165) is 0 Å². The highest BCUT2D eigenvalue weighted by molar-refractivity contribution is 6.34. The summed E-state index contributed by atoms with van der Waals surface area (Å²) in [5.74, 6) is -3.34. The third-order valence-electron chi connectivity index (χ3n) is 10.1. The van der Waals surface area contributed by atoms with Gasteiger partial charge in [-0.1, -0.05) is 17.7 Å². The fourth-order valence-electron chi connectivity index (χ4n) is 7.03.